The van der Waals surface area contributed by atoms with Gasteiger partial charge in [0.25, 0.3) is 5.91 Å². The minimum absolute atomic E-state index is 0.0350. The summed E-state index contributed by atoms with van der Waals surface area (Å²) in [4.78, 5) is 12.0. The molecule has 0 saturated carbocycles. The first kappa shape index (κ1) is 19.6. The SMILES string of the molecule is CCS(=O)(=O)CCn1ccc(NC(=O)[C@H](C)OCCC(C)C)n1. The fraction of sp³-hybridized carbons (Fsp3) is 0.733. The van der Waals surface area contributed by atoms with E-state index in [1.165, 1.54) is 4.68 Å². The maximum atomic E-state index is 12.0. The molecule has 0 fully saturated rings. The highest BCUT2D eigenvalue weighted by atomic mass is 32.2. The van der Waals surface area contributed by atoms with Crippen molar-refractivity contribution < 1.29 is 17.9 Å². The van der Waals surface area contributed by atoms with E-state index in [-0.39, 0.29) is 24.0 Å². The topological polar surface area (TPSA) is 90.3 Å². The molecule has 23 heavy (non-hydrogen) atoms. The van der Waals surface area contributed by atoms with E-state index in [0.29, 0.717) is 18.3 Å². The number of nitrogens with zero attached hydrogens (tertiary/aromatic N) is 2. The van der Waals surface area contributed by atoms with Crippen LogP contribution in [0.15, 0.2) is 12.3 Å². The van der Waals surface area contributed by atoms with Crippen molar-refractivity contribution in [1.29, 1.82) is 0 Å². The Kier molecular flexibility index (Phi) is 7.70. The third-order valence-corrected chi connectivity index (χ3v) is 5.08. The average Bonchev–Trinajstić information content (AvgIpc) is 2.92. The standard InChI is InChI=1S/C15H27N3O4S/c1-5-23(20,21)11-9-18-8-6-14(17-18)16-15(19)13(4)22-10-7-12(2)3/h6,8,12-13H,5,7,9-11H2,1-4H3,(H,16,17,19)/t13-/m0/s1. The summed E-state index contributed by atoms with van der Waals surface area (Å²) in [6, 6.07) is 1.64. The van der Waals surface area contributed by atoms with Gasteiger partial charge in [0.1, 0.15) is 6.10 Å². The molecule has 1 N–H and O–H groups in total. The Balaban J connectivity index is 2.44. The Hall–Kier alpha value is -1.41. The molecule has 0 unspecified atom stereocenters. The van der Waals surface area contributed by atoms with Crippen molar-refractivity contribution >= 4 is 21.6 Å². The van der Waals surface area contributed by atoms with Gasteiger partial charge in [-0.05, 0) is 19.3 Å². The lowest BCUT2D eigenvalue weighted by Gasteiger charge is -2.13. The number of carbonyl (C=O) groups excluding carboxylic acids is 1. The van der Waals surface area contributed by atoms with Crippen molar-refractivity contribution in [2.24, 2.45) is 5.92 Å². The number of nitrogens with one attached hydrogen (secondary N) is 1. The fourth-order valence-electron chi connectivity index (χ4n) is 1.71. The van der Waals surface area contributed by atoms with Gasteiger partial charge in [-0.1, -0.05) is 20.8 Å². The molecule has 7 nitrogen and oxygen atoms in total. The zero-order valence-corrected chi connectivity index (χ0v) is 15.1. The van der Waals surface area contributed by atoms with Crippen molar-refractivity contribution in [3.05, 3.63) is 12.3 Å². The van der Waals surface area contributed by atoms with Gasteiger partial charge < -0.3 is 10.1 Å². The molecule has 0 radical (unpaired) electrons. The van der Waals surface area contributed by atoms with E-state index in [1.54, 1.807) is 26.1 Å². The Morgan fingerprint density at radius 2 is 2.09 bits per heavy atom. The Labute approximate surface area is 138 Å². The smallest absolute Gasteiger partial charge is 0.254 e. The zero-order chi connectivity index (χ0) is 17.5. The maximum Gasteiger partial charge on any atom is 0.254 e. The predicted molar refractivity (Wildman–Crippen MR) is 90.1 cm³/mol. The molecule has 0 aliphatic heterocycles. The van der Waals surface area contributed by atoms with Crippen LogP contribution in [-0.4, -0.2) is 48.3 Å². The van der Waals surface area contributed by atoms with Gasteiger partial charge >= 0.3 is 0 Å². The summed E-state index contributed by atoms with van der Waals surface area (Å²) >= 11 is 0. The molecule has 1 aromatic heterocycles. The van der Waals surface area contributed by atoms with Gasteiger partial charge in [0.05, 0.1) is 12.3 Å². The van der Waals surface area contributed by atoms with Gasteiger partial charge in [-0.25, -0.2) is 8.42 Å². The molecule has 0 bridgehead atoms. The second-order valence-electron chi connectivity index (χ2n) is 5.89. The van der Waals surface area contributed by atoms with E-state index in [9.17, 15) is 13.2 Å². The lowest BCUT2D eigenvalue weighted by Crippen LogP contribution is -2.28. The third-order valence-electron chi connectivity index (χ3n) is 3.40. The molecular weight excluding hydrogens is 318 g/mol. The summed E-state index contributed by atoms with van der Waals surface area (Å²) in [5.74, 6) is 0.805. The van der Waals surface area contributed by atoms with Crippen LogP contribution in [-0.2, 0) is 25.9 Å². The number of hydrogen-bond acceptors (Lipinski definition) is 5. The van der Waals surface area contributed by atoms with Crippen molar-refractivity contribution in [1.82, 2.24) is 9.78 Å². The molecule has 1 atom stereocenters. The molecule has 0 saturated heterocycles. The van der Waals surface area contributed by atoms with Gasteiger partial charge in [0, 0.05) is 24.6 Å². The lowest BCUT2D eigenvalue weighted by atomic mass is 10.1. The van der Waals surface area contributed by atoms with Crippen LogP contribution in [0.25, 0.3) is 0 Å². The van der Waals surface area contributed by atoms with Crippen molar-refractivity contribution in [3.63, 3.8) is 0 Å². The quantitative estimate of drug-likeness (QED) is 0.697. The molecule has 0 aliphatic carbocycles. The van der Waals surface area contributed by atoms with Crippen LogP contribution in [0.1, 0.15) is 34.1 Å². The highest BCUT2D eigenvalue weighted by Crippen LogP contribution is 2.06. The van der Waals surface area contributed by atoms with Crippen LogP contribution in [0.4, 0.5) is 5.82 Å². The maximum absolute atomic E-state index is 12.0. The average molecular weight is 345 g/mol. The second-order valence-corrected chi connectivity index (χ2v) is 8.36. The molecule has 1 rings (SSSR count). The minimum atomic E-state index is -3.03. The Morgan fingerprint density at radius 3 is 2.70 bits per heavy atom. The van der Waals surface area contributed by atoms with Gasteiger partial charge in [-0.2, -0.15) is 5.10 Å². The van der Waals surface area contributed by atoms with Crippen LogP contribution < -0.4 is 5.32 Å². The predicted octanol–water partition coefficient (Wildman–Crippen LogP) is 1.71. The molecule has 1 aromatic rings. The number of ether oxygens (including phenoxy) is 1. The van der Waals surface area contributed by atoms with E-state index >= 15 is 0 Å². The summed E-state index contributed by atoms with van der Waals surface area (Å²) in [7, 11) is -3.03. The summed E-state index contributed by atoms with van der Waals surface area (Å²) in [6.45, 7) is 8.31. The summed E-state index contributed by atoms with van der Waals surface area (Å²) < 4.78 is 29.9. The summed E-state index contributed by atoms with van der Waals surface area (Å²) in [6.07, 6.45) is 1.99. The number of amides is 1. The Bertz CT molecular complexity index is 596. The van der Waals surface area contributed by atoms with E-state index < -0.39 is 15.9 Å². The molecular formula is C15H27N3O4S. The van der Waals surface area contributed by atoms with Gasteiger partial charge in [0.15, 0.2) is 15.7 Å². The largest absolute Gasteiger partial charge is 0.369 e. The zero-order valence-electron chi connectivity index (χ0n) is 14.3. The molecule has 0 aromatic carbocycles. The number of carbonyl (C=O) groups is 1. The number of hydrogen-bond donors (Lipinski definition) is 1. The first-order chi connectivity index (χ1) is 10.7. The van der Waals surface area contributed by atoms with E-state index in [1.807, 2.05) is 0 Å². The highest BCUT2D eigenvalue weighted by Gasteiger charge is 2.15. The summed E-state index contributed by atoms with van der Waals surface area (Å²) in [5.41, 5.74) is 0. The van der Waals surface area contributed by atoms with Gasteiger partial charge in [-0.3, -0.25) is 9.48 Å². The van der Waals surface area contributed by atoms with Gasteiger partial charge in [0.2, 0.25) is 0 Å². The third kappa shape index (κ3) is 7.60. The molecule has 0 aliphatic rings. The molecule has 1 amide bonds. The number of rotatable bonds is 10. The first-order valence-corrected chi connectivity index (χ1v) is 9.72. The molecule has 132 valence electrons. The summed E-state index contributed by atoms with van der Waals surface area (Å²) in [5, 5.41) is 6.81. The van der Waals surface area contributed by atoms with Crippen molar-refractivity contribution in [2.75, 3.05) is 23.4 Å². The number of anilines is 1. The van der Waals surface area contributed by atoms with E-state index in [4.69, 9.17) is 4.74 Å². The van der Waals surface area contributed by atoms with E-state index in [0.717, 1.165) is 6.42 Å². The second kappa shape index (κ2) is 9.02. The van der Waals surface area contributed by atoms with Crippen molar-refractivity contribution in [3.8, 4) is 0 Å². The monoisotopic (exact) mass is 345 g/mol. The van der Waals surface area contributed by atoms with Crippen LogP contribution in [0.5, 0.6) is 0 Å². The molecule has 1 heterocycles. The van der Waals surface area contributed by atoms with Crippen LogP contribution in [0.2, 0.25) is 0 Å². The minimum Gasteiger partial charge on any atom is -0.369 e. The molecule has 8 heteroatoms. The Morgan fingerprint density at radius 1 is 1.39 bits per heavy atom. The van der Waals surface area contributed by atoms with Crippen LogP contribution in [0.3, 0.4) is 0 Å². The number of aromatic nitrogens is 2. The van der Waals surface area contributed by atoms with Crippen LogP contribution >= 0.6 is 0 Å². The van der Waals surface area contributed by atoms with Gasteiger partial charge in [-0.15, -0.1) is 0 Å². The molecule has 0 spiro atoms. The van der Waals surface area contributed by atoms with Crippen LogP contribution in [0, 0.1) is 5.92 Å². The highest BCUT2D eigenvalue weighted by molar-refractivity contribution is 7.91. The normalized spacial score (nSPS) is 13.3. The fourth-order valence-corrected chi connectivity index (χ4v) is 2.47. The van der Waals surface area contributed by atoms with Crippen molar-refractivity contribution in [2.45, 2.75) is 46.8 Å². The first-order valence-electron chi connectivity index (χ1n) is 7.90. The number of sulfone groups is 1. The lowest BCUT2D eigenvalue weighted by molar-refractivity contribution is -0.126. The van der Waals surface area contributed by atoms with E-state index in [2.05, 4.69) is 24.3 Å². The number of aryl methyl sites for hydroxylation is 1.